The van der Waals surface area contributed by atoms with Crippen molar-refractivity contribution in [2.75, 3.05) is 18.4 Å². The van der Waals surface area contributed by atoms with Gasteiger partial charge in [0.25, 0.3) is 0 Å². The number of fused-ring (bicyclic) bond motifs is 1. The zero-order valence-corrected chi connectivity index (χ0v) is 12.8. The Morgan fingerprint density at radius 1 is 1.36 bits per heavy atom. The molecule has 0 aromatic carbocycles. The highest BCUT2D eigenvalue weighted by Gasteiger charge is 2.42. The largest absolute Gasteiger partial charge is 0.481 e. The van der Waals surface area contributed by atoms with Crippen LogP contribution in [0.3, 0.4) is 0 Å². The summed E-state index contributed by atoms with van der Waals surface area (Å²) in [5, 5.41) is 12.1. The van der Waals surface area contributed by atoms with E-state index < -0.39 is 11.4 Å². The van der Waals surface area contributed by atoms with Crippen LogP contribution in [0.2, 0.25) is 0 Å². The highest BCUT2D eigenvalue weighted by molar-refractivity contribution is 5.90. The molecule has 1 aromatic heterocycles. The molecule has 0 saturated carbocycles. The number of aromatic nitrogens is 1. The molecule has 1 fully saturated rings. The molecule has 22 heavy (non-hydrogen) atoms. The molecule has 0 radical (unpaired) electrons. The van der Waals surface area contributed by atoms with Crippen molar-refractivity contribution in [3.8, 4) is 0 Å². The van der Waals surface area contributed by atoms with Crippen molar-refractivity contribution in [1.82, 2.24) is 9.88 Å². The minimum Gasteiger partial charge on any atom is -0.481 e. The molecule has 0 spiro atoms. The number of nitrogens with zero attached hydrogens (tertiary/aromatic N) is 2. The first-order valence-corrected chi connectivity index (χ1v) is 7.75. The van der Waals surface area contributed by atoms with Crippen molar-refractivity contribution in [2.45, 2.75) is 39.0 Å². The third kappa shape index (κ3) is 2.77. The van der Waals surface area contributed by atoms with E-state index in [-0.39, 0.29) is 12.6 Å². The van der Waals surface area contributed by atoms with Gasteiger partial charge in [0.05, 0.1) is 17.3 Å². The number of hydrogen-bond donors (Lipinski definition) is 2. The molecule has 3 rings (SSSR count). The first-order valence-electron chi connectivity index (χ1n) is 7.75. The average Bonchev–Trinajstić information content (AvgIpc) is 2.91. The maximum Gasteiger partial charge on any atom is 0.321 e. The quantitative estimate of drug-likeness (QED) is 0.878. The monoisotopic (exact) mass is 303 g/mol. The van der Waals surface area contributed by atoms with Crippen molar-refractivity contribution in [3.63, 3.8) is 0 Å². The molecule has 1 saturated heterocycles. The van der Waals surface area contributed by atoms with Gasteiger partial charge in [-0.15, -0.1) is 0 Å². The fourth-order valence-electron chi connectivity index (χ4n) is 3.17. The van der Waals surface area contributed by atoms with E-state index in [1.807, 2.05) is 6.07 Å². The minimum atomic E-state index is -0.849. The fraction of sp³-hybridized carbons (Fsp3) is 0.562. The first kappa shape index (κ1) is 14.8. The van der Waals surface area contributed by atoms with Crippen LogP contribution < -0.4 is 5.32 Å². The molecule has 2 heterocycles. The summed E-state index contributed by atoms with van der Waals surface area (Å²) in [5.74, 6) is -0.849. The number of nitrogens with one attached hydrogen (secondary N) is 1. The van der Waals surface area contributed by atoms with Crippen LogP contribution in [0.4, 0.5) is 10.5 Å². The molecular weight excluding hydrogens is 282 g/mol. The van der Waals surface area contributed by atoms with E-state index >= 15 is 0 Å². The lowest BCUT2D eigenvalue weighted by molar-refractivity contribution is -0.146. The van der Waals surface area contributed by atoms with Gasteiger partial charge in [0.15, 0.2) is 0 Å². The fourth-order valence-corrected chi connectivity index (χ4v) is 3.17. The van der Waals surface area contributed by atoms with Crippen molar-refractivity contribution in [3.05, 3.63) is 23.5 Å². The highest BCUT2D eigenvalue weighted by Crippen LogP contribution is 2.30. The number of aryl methyl sites for hydroxylation is 2. The van der Waals surface area contributed by atoms with Gasteiger partial charge in [-0.3, -0.25) is 9.78 Å². The maximum absolute atomic E-state index is 12.3. The van der Waals surface area contributed by atoms with Crippen LogP contribution in [0.15, 0.2) is 12.3 Å². The van der Waals surface area contributed by atoms with E-state index in [9.17, 15) is 14.7 Å². The number of anilines is 1. The zero-order chi connectivity index (χ0) is 15.7. The molecule has 2 amide bonds. The summed E-state index contributed by atoms with van der Waals surface area (Å²) >= 11 is 0. The predicted octanol–water partition coefficient (Wildman–Crippen LogP) is 2.29. The number of pyridine rings is 1. The van der Waals surface area contributed by atoms with Gasteiger partial charge in [-0.05, 0) is 50.7 Å². The lowest BCUT2D eigenvalue weighted by Crippen LogP contribution is -2.37. The summed E-state index contributed by atoms with van der Waals surface area (Å²) in [6, 6.07) is 1.74. The molecule has 6 nitrogen and oxygen atoms in total. The third-order valence-corrected chi connectivity index (χ3v) is 4.70. The van der Waals surface area contributed by atoms with Crippen molar-refractivity contribution >= 4 is 17.7 Å². The summed E-state index contributed by atoms with van der Waals surface area (Å²) in [7, 11) is 0. The van der Waals surface area contributed by atoms with Crippen LogP contribution >= 0.6 is 0 Å². The van der Waals surface area contributed by atoms with Crippen LogP contribution in [0.1, 0.15) is 37.4 Å². The average molecular weight is 303 g/mol. The van der Waals surface area contributed by atoms with Crippen molar-refractivity contribution in [2.24, 2.45) is 5.41 Å². The molecule has 0 bridgehead atoms. The lowest BCUT2D eigenvalue weighted by Gasteiger charge is -2.21. The number of aliphatic carboxylic acids is 1. The molecule has 1 atom stereocenters. The third-order valence-electron chi connectivity index (χ3n) is 4.70. The standard InChI is InChI=1S/C16H21N3O3/c1-16(14(20)21)6-7-19(10-16)15(22)18-12-8-11-4-2-3-5-13(11)17-9-12/h8-9H,2-7,10H2,1H3,(H,18,22)(H,20,21). The Bertz CT molecular complexity index is 617. The topological polar surface area (TPSA) is 82.5 Å². The smallest absolute Gasteiger partial charge is 0.321 e. The van der Waals surface area contributed by atoms with E-state index in [0.29, 0.717) is 18.7 Å². The zero-order valence-electron chi connectivity index (χ0n) is 12.8. The summed E-state index contributed by atoms with van der Waals surface area (Å²) in [5.41, 5.74) is 2.19. The van der Waals surface area contributed by atoms with Gasteiger partial charge in [0.2, 0.25) is 0 Å². The SMILES string of the molecule is CC1(C(=O)O)CCN(C(=O)Nc2cnc3c(c2)CCCC3)C1. The molecule has 6 heteroatoms. The second-order valence-corrected chi connectivity index (χ2v) is 6.50. The van der Waals surface area contributed by atoms with Crippen molar-refractivity contribution < 1.29 is 14.7 Å². The number of carboxylic acids is 1. The predicted molar refractivity (Wildman–Crippen MR) is 81.8 cm³/mol. The molecule has 1 unspecified atom stereocenters. The number of carbonyl (C=O) groups excluding carboxylic acids is 1. The van der Waals surface area contributed by atoms with E-state index in [2.05, 4.69) is 10.3 Å². The molecule has 118 valence electrons. The Labute approximate surface area is 129 Å². The lowest BCUT2D eigenvalue weighted by atomic mass is 9.90. The van der Waals surface area contributed by atoms with Crippen LogP contribution in [-0.4, -0.2) is 40.1 Å². The number of rotatable bonds is 2. The van der Waals surface area contributed by atoms with Gasteiger partial charge >= 0.3 is 12.0 Å². The van der Waals surface area contributed by atoms with Gasteiger partial charge in [-0.1, -0.05) is 0 Å². The normalized spacial score (nSPS) is 24.0. The van der Waals surface area contributed by atoms with Gasteiger partial charge in [-0.2, -0.15) is 0 Å². The summed E-state index contributed by atoms with van der Waals surface area (Å²) in [6.07, 6.45) is 6.52. The summed E-state index contributed by atoms with van der Waals surface area (Å²) in [6.45, 7) is 2.39. The molecule has 2 N–H and O–H groups in total. The van der Waals surface area contributed by atoms with Crippen molar-refractivity contribution in [1.29, 1.82) is 0 Å². The second-order valence-electron chi connectivity index (χ2n) is 6.50. The van der Waals surface area contributed by atoms with Gasteiger partial charge in [-0.25, -0.2) is 4.79 Å². The van der Waals surface area contributed by atoms with Gasteiger partial charge < -0.3 is 15.3 Å². The number of likely N-dealkylation sites (tertiary alicyclic amines) is 1. The second kappa shape index (κ2) is 5.59. The Balaban J connectivity index is 1.66. The maximum atomic E-state index is 12.3. The number of carbonyl (C=O) groups is 2. The summed E-state index contributed by atoms with van der Waals surface area (Å²) < 4.78 is 0. The first-order chi connectivity index (χ1) is 10.5. The van der Waals surface area contributed by atoms with E-state index in [1.54, 1.807) is 18.0 Å². The van der Waals surface area contributed by atoms with Gasteiger partial charge in [0.1, 0.15) is 0 Å². The van der Waals surface area contributed by atoms with E-state index in [0.717, 1.165) is 25.0 Å². The number of urea groups is 1. The highest BCUT2D eigenvalue weighted by atomic mass is 16.4. The Kier molecular flexibility index (Phi) is 3.76. The molecule has 1 aliphatic heterocycles. The summed E-state index contributed by atoms with van der Waals surface area (Å²) in [4.78, 5) is 29.5. The number of hydrogen-bond acceptors (Lipinski definition) is 3. The van der Waals surface area contributed by atoms with E-state index in [1.165, 1.54) is 12.0 Å². The Hall–Kier alpha value is -2.11. The van der Waals surface area contributed by atoms with E-state index in [4.69, 9.17) is 0 Å². The van der Waals surface area contributed by atoms with Crippen LogP contribution in [0, 0.1) is 5.41 Å². The Morgan fingerprint density at radius 3 is 2.86 bits per heavy atom. The van der Waals surface area contributed by atoms with Crippen LogP contribution in [0.25, 0.3) is 0 Å². The minimum absolute atomic E-state index is 0.243. The number of amides is 2. The van der Waals surface area contributed by atoms with Crippen LogP contribution in [-0.2, 0) is 17.6 Å². The Morgan fingerprint density at radius 2 is 2.14 bits per heavy atom. The molecule has 1 aromatic rings. The molecular formula is C16H21N3O3. The van der Waals surface area contributed by atoms with Gasteiger partial charge in [0, 0.05) is 18.8 Å². The molecule has 1 aliphatic carbocycles. The van der Waals surface area contributed by atoms with Crippen LogP contribution in [0.5, 0.6) is 0 Å². The molecule has 2 aliphatic rings. The number of carboxylic acid groups (broad SMARTS) is 1.